The molecule has 2 amide bonds. The number of carbonyl (C=O) groups excluding carboxylic acids is 2. The molecule has 2 fully saturated rings. The van der Waals surface area contributed by atoms with Crippen LogP contribution >= 0.6 is 0 Å². The van der Waals surface area contributed by atoms with Gasteiger partial charge in [-0.1, -0.05) is 74.9 Å². The van der Waals surface area contributed by atoms with E-state index in [4.69, 9.17) is 4.74 Å². The summed E-state index contributed by atoms with van der Waals surface area (Å²) in [6.07, 6.45) is 6.99. The summed E-state index contributed by atoms with van der Waals surface area (Å²) in [5.41, 5.74) is 4.40. The van der Waals surface area contributed by atoms with Crippen LogP contribution in [0.1, 0.15) is 69.1 Å². The summed E-state index contributed by atoms with van der Waals surface area (Å²) in [5, 5.41) is 3.27. The Kier molecular flexibility index (Phi) is 13.7. The van der Waals surface area contributed by atoms with E-state index in [-0.39, 0.29) is 17.9 Å². The Bertz CT molecular complexity index is 1460. The normalized spacial score (nSPS) is 17.1. The maximum absolute atomic E-state index is 14.3. The molecule has 2 saturated heterocycles. The standard InChI is InChI=1S/C42H59N5O3/c1-32(2)28-40(45(5)30-34-14-18-36(19-15-34)44(3)4)41(48)43-39(42(49)47-26-22-37(23-27-47)46-24-10-7-11-25-46)29-33-16-20-38(21-17-33)50-31-35-12-8-6-9-13-35/h6,8-9,12-21,32,37,39-40H,7,10-11,22-31H2,1-5H3,(H,43,48)/t39-,40-/m0/s1. The molecule has 0 saturated carbocycles. The van der Waals surface area contributed by atoms with Crippen LogP contribution in [0.2, 0.25) is 0 Å². The van der Waals surface area contributed by atoms with Gasteiger partial charge in [-0.05, 0) is 99.1 Å². The van der Waals surface area contributed by atoms with Gasteiger partial charge in [-0.25, -0.2) is 0 Å². The molecule has 0 bridgehead atoms. The number of carbonyl (C=O) groups is 2. The van der Waals surface area contributed by atoms with Gasteiger partial charge in [0.2, 0.25) is 11.8 Å². The SMILES string of the molecule is CC(C)C[C@@H](C(=O)N[C@@H](Cc1ccc(OCc2ccccc2)cc1)C(=O)N1CCC(N2CCCCC2)CC1)N(C)Cc1ccc(N(C)C)cc1. The molecule has 1 N–H and O–H groups in total. The summed E-state index contributed by atoms with van der Waals surface area (Å²) in [6, 6.07) is 26.1. The maximum Gasteiger partial charge on any atom is 0.245 e. The lowest BCUT2D eigenvalue weighted by atomic mass is 9.97. The molecule has 2 atom stereocenters. The fourth-order valence-corrected chi connectivity index (χ4v) is 7.35. The van der Waals surface area contributed by atoms with Crippen LogP contribution in [-0.2, 0) is 29.2 Å². The van der Waals surface area contributed by atoms with Crippen LogP contribution in [0, 0.1) is 5.92 Å². The average molecular weight is 682 g/mol. The first-order chi connectivity index (χ1) is 24.2. The molecule has 0 aromatic heterocycles. The number of piperidine rings is 2. The second-order valence-electron chi connectivity index (χ2n) is 15.0. The van der Waals surface area contributed by atoms with Gasteiger partial charge in [0.05, 0.1) is 6.04 Å². The number of rotatable bonds is 15. The number of benzene rings is 3. The van der Waals surface area contributed by atoms with E-state index >= 15 is 0 Å². The second-order valence-corrected chi connectivity index (χ2v) is 15.0. The van der Waals surface area contributed by atoms with E-state index in [0.29, 0.717) is 38.0 Å². The topological polar surface area (TPSA) is 68.4 Å². The highest BCUT2D eigenvalue weighted by Crippen LogP contribution is 2.23. The Balaban J connectivity index is 1.28. The molecule has 0 unspecified atom stereocenters. The van der Waals surface area contributed by atoms with Crippen molar-refractivity contribution in [2.24, 2.45) is 5.92 Å². The number of hydrogen-bond donors (Lipinski definition) is 1. The molecule has 2 heterocycles. The summed E-state index contributed by atoms with van der Waals surface area (Å²) < 4.78 is 6.02. The van der Waals surface area contributed by atoms with Crippen molar-refractivity contribution in [1.82, 2.24) is 20.0 Å². The van der Waals surface area contributed by atoms with Gasteiger partial charge in [-0.3, -0.25) is 14.5 Å². The number of likely N-dealkylation sites (N-methyl/N-ethyl adjacent to an activating group) is 1. The maximum atomic E-state index is 14.3. The van der Waals surface area contributed by atoms with Crippen LogP contribution in [-0.4, -0.2) is 92.0 Å². The highest BCUT2D eigenvalue weighted by molar-refractivity contribution is 5.90. The molecule has 0 spiro atoms. The fourth-order valence-electron chi connectivity index (χ4n) is 7.35. The number of anilines is 1. The zero-order valence-corrected chi connectivity index (χ0v) is 31.0. The first-order valence-corrected chi connectivity index (χ1v) is 18.7. The van der Waals surface area contributed by atoms with Crippen molar-refractivity contribution in [3.8, 4) is 5.75 Å². The summed E-state index contributed by atoms with van der Waals surface area (Å²) in [7, 11) is 6.09. The Labute approximate surface area is 300 Å². The van der Waals surface area contributed by atoms with Crippen molar-refractivity contribution < 1.29 is 14.3 Å². The van der Waals surface area contributed by atoms with Gasteiger partial charge in [0, 0.05) is 51.9 Å². The minimum atomic E-state index is -0.646. The molecule has 8 heteroatoms. The first-order valence-electron chi connectivity index (χ1n) is 18.7. The Morgan fingerprint density at radius 3 is 2.06 bits per heavy atom. The van der Waals surface area contributed by atoms with Crippen molar-refractivity contribution in [3.05, 3.63) is 95.6 Å². The summed E-state index contributed by atoms with van der Waals surface area (Å²) in [5.74, 6) is 1.03. The van der Waals surface area contributed by atoms with E-state index in [1.54, 1.807) is 0 Å². The first kappa shape index (κ1) is 37.4. The van der Waals surface area contributed by atoms with Gasteiger partial charge in [0.1, 0.15) is 18.4 Å². The van der Waals surface area contributed by atoms with E-state index in [1.807, 2.05) is 80.6 Å². The molecule has 270 valence electrons. The molecule has 0 aliphatic carbocycles. The van der Waals surface area contributed by atoms with Crippen molar-refractivity contribution in [2.75, 3.05) is 52.2 Å². The largest absolute Gasteiger partial charge is 0.489 e. The second kappa shape index (κ2) is 18.4. The lowest BCUT2D eigenvalue weighted by molar-refractivity contribution is -0.139. The predicted octanol–water partition coefficient (Wildman–Crippen LogP) is 6.38. The highest BCUT2D eigenvalue weighted by atomic mass is 16.5. The quantitative estimate of drug-likeness (QED) is 0.201. The zero-order chi connectivity index (χ0) is 35.5. The number of hydrogen-bond acceptors (Lipinski definition) is 6. The van der Waals surface area contributed by atoms with Gasteiger partial charge in [-0.2, -0.15) is 0 Å². The van der Waals surface area contributed by atoms with Crippen LogP contribution in [0.5, 0.6) is 5.75 Å². The Hall–Kier alpha value is -3.88. The third-order valence-corrected chi connectivity index (χ3v) is 10.3. The molecule has 50 heavy (non-hydrogen) atoms. The molecule has 3 aromatic rings. The van der Waals surface area contributed by atoms with Crippen molar-refractivity contribution >= 4 is 17.5 Å². The molecular weight excluding hydrogens is 622 g/mol. The lowest BCUT2D eigenvalue weighted by Gasteiger charge is -2.41. The predicted molar refractivity (Wildman–Crippen MR) is 203 cm³/mol. The van der Waals surface area contributed by atoms with Gasteiger partial charge < -0.3 is 24.8 Å². The Morgan fingerprint density at radius 1 is 0.800 bits per heavy atom. The van der Waals surface area contributed by atoms with Gasteiger partial charge >= 0.3 is 0 Å². The minimum absolute atomic E-state index is 0.0186. The van der Waals surface area contributed by atoms with Gasteiger partial charge in [0.25, 0.3) is 0 Å². The summed E-state index contributed by atoms with van der Waals surface area (Å²) in [4.78, 5) is 37.4. The van der Waals surface area contributed by atoms with Crippen molar-refractivity contribution in [3.63, 3.8) is 0 Å². The number of likely N-dealkylation sites (tertiary alicyclic amines) is 2. The molecule has 3 aromatic carbocycles. The van der Waals surface area contributed by atoms with Crippen LogP contribution in [0.4, 0.5) is 5.69 Å². The smallest absolute Gasteiger partial charge is 0.245 e. The monoisotopic (exact) mass is 681 g/mol. The van der Waals surface area contributed by atoms with Crippen molar-refractivity contribution in [1.29, 1.82) is 0 Å². The van der Waals surface area contributed by atoms with E-state index in [9.17, 15) is 9.59 Å². The number of nitrogens with one attached hydrogen (secondary N) is 1. The highest BCUT2D eigenvalue weighted by Gasteiger charge is 2.34. The van der Waals surface area contributed by atoms with E-state index in [2.05, 4.69) is 58.1 Å². The van der Waals surface area contributed by atoms with E-state index < -0.39 is 6.04 Å². The summed E-state index contributed by atoms with van der Waals surface area (Å²) >= 11 is 0. The third kappa shape index (κ3) is 10.8. The average Bonchev–Trinajstić information content (AvgIpc) is 3.14. The number of ether oxygens (including phenoxy) is 1. The molecule has 2 aliphatic rings. The van der Waals surface area contributed by atoms with E-state index in [0.717, 1.165) is 54.1 Å². The van der Waals surface area contributed by atoms with Gasteiger partial charge in [-0.15, -0.1) is 0 Å². The summed E-state index contributed by atoms with van der Waals surface area (Å²) in [6.45, 7) is 9.25. The molecule has 2 aliphatic heterocycles. The molecule has 8 nitrogen and oxygen atoms in total. The van der Waals surface area contributed by atoms with Crippen LogP contribution in [0.15, 0.2) is 78.9 Å². The van der Waals surface area contributed by atoms with Crippen LogP contribution < -0.4 is 15.0 Å². The zero-order valence-electron chi connectivity index (χ0n) is 31.0. The third-order valence-electron chi connectivity index (χ3n) is 10.3. The van der Waals surface area contributed by atoms with E-state index in [1.165, 1.54) is 32.4 Å². The fraction of sp³-hybridized carbons (Fsp3) is 0.524. The molecular formula is C42H59N5O3. The minimum Gasteiger partial charge on any atom is -0.489 e. The van der Waals surface area contributed by atoms with Gasteiger partial charge in [0.15, 0.2) is 0 Å². The van der Waals surface area contributed by atoms with Crippen LogP contribution in [0.25, 0.3) is 0 Å². The molecule has 5 rings (SSSR count). The lowest BCUT2D eigenvalue weighted by Crippen LogP contribution is -2.56. The number of nitrogens with zero attached hydrogens (tertiary/aromatic N) is 4. The van der Waals surface area contributed by atoms with Crippen molar-refractivity contribution in [2.45, 2.75) is 90.1 Å². The Morgan fingerprint density at radius 2 is 1.44 bits per heavy atom. The van der Waals surface area contributed by atoms with Crippen LogP contribution in [0.3, 0.4) is 0 Å². The molecule has 0 radical (unpaired) electrons. The number of amides is 2.